The lowest BCUT2D eigenvalue weighted by Crippen LogP contribution is -2.36. The molecule has 1 atom stereocenters. The zero-order chi connectivity index (χ0) is 11.9. The van der Waals surface area contributed by atoms with E-state index in [4.69, 9.17) is 5.73 Å². The fourth-order valence-electron chi connectivity index (χ4n) is 2.57. The largest absolute Gasteiger partial charge is 0.321 e. The van der Waals surface area contributed by atoms with Crippen molar-refractivity contribution in [3.8, 4) is 0 Å². The third-order valence-electron chi connectivity index (χ3n) is 3.42. The Morgan fingerprint density at radius 3 is 3.12 bits per heavy atom. The summed E-state index contributed by atoms with van der Waals surface area (Å²) >= 11 is 1.62. The van der Waals surface area contributed by atoms with E-state index >= 15 is 0 Å². The van der Waals surface area contributed by atoms with Gasteiger partial charge in [-0.3, -0.25) is 4.98 Å². The lowest BCUT2D eigenvalue weighted by Gasteiger charge is -2.24. The molecule has 2 nitrogen and oxygen atoms in total. The number of rotatable bonds is 2. The van der Waals surface area contributed by atoms with E-state index in [1.807, 2.05) is 17.8 Å². The van der Waals surface area contributed by atoms with Crippen LogP contribution in [-0.4, -0.2) is 4.98 Å². The maximum atomic E-state index is 13.1. The van der Waals surface area contributed by atoms with Crippen LogP contribution in [0, 0.1) is 5.82 Å². The van der Waals surface area contributed by atoms with Gasteiger partial charge >= 0.3 is 0 Å². The number of thiazole rings is 1. The van der Waals surface area contributed by atoms with Crippen molar-refractivity contribution in [1.29, 1.82) is 0 Å². The van der Waals surface area contributed by atoms with Gasteiger partial charge in [0.05, 0.1) is 5.51 Å². The van der Waals surface area contributed by atoms with Gasteiger partial charge in [0.2, 0.25) is 0 Å². The summed E-state index contributed by atoms with van der Waals surface area (Å²) in [7, 11) is 0. The Morgan fingerprint density at radius 2 is 2.35 bits per heavy atom. The molecule has 0 saturated carbocycles. The molecular weight excluding hydrogens is 235 g/mol. The van der Waals surface area contributed by atoms with Gasteiger partial charge in [-0.25, -0.2) is 4.39 Å². The highest BCUT2D eigenvalue weighted by Gasteiger charge is 2.35. The van der Waals surface area contributed by atoms with E-state index < -0.39 is 0 Å². The Labute approximate surface area is 103 Å². The topological polar surface area (TPSA) is 38.9 Å². The van der Waals surface area contributed by atoms with Gasteiger partial charge in [0.1, 0.15) is 5.82 Å². The van der Waals surface area contributed by atoms with Crippen LogP contribution in [-0.2, 0) is 18.4 Å². The molecule has 0 fully saturated rings. The molecule has 1 aliphatic rings. The fourth-order valence-corrected chi connectivity index (χ4v) is 3.29. The van der Waals surface area contributed by atoms with Crippen LogP contribution < -0.4 is 5.73 Å². The maximum absolute atomic E-state index is 13.1. The highest BCUT2D eigenvalue weighted by atomic mass is 32.1. The van der Waals surface area contributed by atoms with Crippen molar-refractivity contribution in [3.63, 3.8) is 0 Å². The summed E-state index contributed by atoms with van der Waals surface area (Å²) in [5.41, 5.74) is 10.1. The second-order valence-corrected chi connectivity index (χ2v) is 5.57. The molecule has 0 radical (unpaired) electrons. The highest BCUT2D eigenvalue weighted by molar-refractivity contribution is 7.09. The van der Waals surface area contributed by atoms with E-state index in [0.717, 1.165) is 30.4 Å². The van der Waals surface area contributed by atoms with Gasteiger partial charge in [0, 0.05) is 23.0 Å². The average Bonchev–Trinajstić information content (AvgIpc) is 2.88. The van der Waals surface area contributed by atoms with Crippen LogP contribution >= 0.6 is 11.3 Å². The van der Waals surface area contributed by atoms with Crippen molar-refractivity contribution in [3.05, 3.63) is 51.7 Å². The molecule has 0 amide bonds. The molecule has 3 rings (SSSR count). The van der Waals surface area contributed by atoms with Crippen LogP contribution in [0.1, 0.15) is 22.4 Å². The Bertz CT molecular complexity index is 538. The van der Waals surface area contributed by atoms with Gasteiger partial charge in [-0.1, -0.05) is 6.07 Å². The number of nitrogens with zero attached hydrogens (tertiary/aromatic N) is 1. The lowest BCUT2D eigenvalue weighted by molar-refractivity contribution is 0.442. The van der Waals surface area contributed by atoms with E-state index in [-0.39, 0.29) is 11.4 Å². The summed E-state index contributed by atoms with van der Waals surface area (Å²) in [6.45, 7) is 0. The van der Waals surface area contributed by atoms with Crippen LogP contribution in [0.5, 0.6) is 0 Å². The van der Waals surface area contributed by atoms with Crippen LogP contribution in [0.2, 0.25) is 0 Å². The first kappa shape index (κ1) is 10.9. The predicted molar refractivity (Wildman–Crippen MR) is 66.4 cm³/mol. The number of benzene rings is 1. The summed E-state index contributed by atoms with van der Waals surface area (Å²) in [5.74, 6) is -0.175. The number of hydrogen-bond acceptors (Lipinski definition) is 3. The minimum atomic E-state index is -0.352. The molecule has 88 valence electrons. The molecule has 17 heavy (non-hydrogen) atoms. The van der Waals surface area contributed by atoms with Crippen LogP contribution in [0.4, 0.5) is 4.39 Å². The smallest absolute Gasteiger partial charge is 0.123 e. The number of halogens is 1. The molecule has 0 saturated heterocycles. The molecule has 1 aromatic carbocycles. The summed E-state index contributed by atoms with van der Waals surface area (Å²) in [6, 6.07) is 4.94. The van der Waals surface area contributed by atoms with Crippen molar-refractivity contribution in [2.45, 2.75) is 24.8 Å². The maximum Gasteiger partial charge on any atom is 0.123 e. The summed E-state index contributed by atoms with van der Waals surface area (Å²) < 4.78 is 13.1. The molecule has 2 N–H and O–H groups in total. The monoisotopic (exact) mass is 248 g/mol. The number of aryl methyl sites for hydroxylation is 1. The van der Waals surface area contributed by atoms with Crippen LogP contribution in [0.25, 0.3) is 0 Å². The van der Waals surface area contributed by atoms with E-state index in [2.05, 4.69) is 4.98 Å². The average molecular weight is 248 g/mol. The van der Waals surface area contributed by atoms with E-state index in [9.17, 15) is 4.39 Å². The summed E-state index contributed by atoms with van der Waals surface area (Å²) in [5, 5.41) is 0. The van der Waals surface area contributed by atoms with Crippen LogP contribution in [0.15, 0.2) is 29.9 Å². The van der Waals surface area contributed by atoms with Crippen molar-refractivity contribution in [2.75, 3.05) is 0 Å². The fraction of sp³-hybridized carbons (Fsp3) is 0.308. The lowest BCUT2D eigenvalue weighted by atomic mass is 9.89. The molecular formula is C13H13FN2S. The van der Waals surface area contributed by atoms with Gasteiger partial charge in [-0.05, 0) is 36.1 Å². The first-order valence-corrected chi connectivity index (χ1v) is 6.50. The molecule has 0 aliphatic heterocycles. The van der Waals surface area contributed by atoms with E-state index in [1.165, 1.54) is 10.9 Å². The van der Waals surface area contributed by atoms with E-state index in [1.54, 1.807) is 17.4 Å². The number of fused-ring (bicyclic) bond motifs is 1. The Hall–Kier alpha value is -1.26. The molecule has 1 unspecified atom stereocenters. The predicted octanol–water partition coefficient (Wildman–Crippen LogP) is 2.63. The molecule has 0 spiro atoms. The zero-order valence-corrected chi connectivity index (χ0v) is 10.1. The van der Waals surface area contributed by atoms with Gasteiger partial charge < -0.3 is 5.73 Å². The molecule has 2 aromatic rings. The highest BCUT2D eigenvalue weighted by Crippen LogP contribution is 2.38. The van der Waals surface area contributed by atoms with Crippen molar-refractivity contribution >= 4 is 11.3 Å². The standard InChI is InChI=1S/C13H13FN2S/c14-10-1-2-12-9(5-10)3-4-13(12,15)6-11-7-16-8-17-11/h1-2,5,7-8H,3-4,6,15H2. The van der Waals surface area contributed by atoms with Gasteiger partial charge in [-0.15, -0.1) is 11.3 Å². The van der Waals surface area contributed by atoms with Crippen molar-refractivity contribution < 1.29 is 4.39 Å². The minimum absolute atomic E-state index is 0.175. The van der Waals surface area contributed by atoms with E-state index in [0.29, 0.717) is 0 Å². The SMILES string of the molecule is NC1(Cc2cncs2)CCc2cc(F)ccc21. The van der Waals surface area contributed by atoms with Crippen LogP contribution in [0.3, 0.4) is 0 Å². The minimum Gasteiger partial charge on any atom is -0.321 e. The quantitative estimate of drug-likeness (QED) is 0.887. The molecule has 0 bridgehead atoms. The first-order valence-electron chi connectivity index (χ1n) is 5.62. The Morgan fingerprint density at radius 1 is 1.47 bits per heavy atom. The summed E-state index contributed by atoms with van der Waals surface area (Å²) in [4.78, 5) is 5.25. The van der Waals surface area contributed by atoms with Gasteiger partial charge in [0.25, 0.3) is 0 Å². The zero-order valence-electron chi connectivity index (χ0n) is 9.32. The summed E-state index contributed by atoms with van der Waals surface area (Å²) in [6.07, 6.45) is 4.39. The normalized spacial score (nSPS) is 22.7. The Kier molecular flexibility index (Phi) is 2.49. The second kappa shape index (κ2) is 3.89. The molecule has 1 aromatic heterocycles. The number of aromatic nitrogens is 1. The third-order valence-corrected chi connectivity index (χ3v) is 4.20. The molecule has 4 heteroatoms. The van der Waals surface area contributed by atoms with Gasteiger partial charge in [-0.2, -0.15) is 0 Å². The molecule has 1 aliphatic carbocycles. The molecule has 1 heterocycles. The number of nitrogens with two attached hydrogens (primary N) is 1. The first-order chi connectivity index (χ1) is 8.17. The van der Waals surface area contributed by atoms with Crippen molar-refractivity contribution in [1.82, 2.24) is 4.98 Å². The second-order valence-electron chi connectivity index (χ2n) is 4.60. The number of hydrogen-bond donors (Lipinski definition) is 1. The third kappa shape index (κ3) is 1.87. The van der Waals surface area contributed by atoms with Gasteiger partial charge in [0.15, 0.2) is 0 Å². The Balaban J connectivity index is 1.96. The van der Waals surface area contributed by atoms with Crippen molar-refractivity contribution in [2.24, 2.45) is 5.73 Å².